The summed E-state index contributed by atoms with van der Waals surface area (Å²) < 4.78 is 5.66. The average molecular weight is 278 g/mol. The molecule has 3 nitrogen and oxygen atoms in total. The van der Waals surface area contributed by atoms with Crippen molar-refractivity contribution >= 4 is 5.97 Å². The third-order valence-corrected chi connectivity index (χ3v) is 3.27. The molecule has 20 heavy (non-hydrogen) atoms. The van der Waals surface area contributed by atoms with E-state index in [0.29, 0.717) is 6.61 Å². The second-order valence-electron chi connectivity index (χ2n) is 5.19. The molecule has 1 aromatic carbocycles. The second kappa shape index (κ2) is 10.3. The molecular formula is C17H26O3. The van der Waals surface area contributed by atoms with Crippen LogP contribution in [0, 0.1) is 0 Å². The van der Waals surface area contributed by atoms with Crippen LogP contribution in [0.5, 0.6) is 5.75 Å². The molecule has 1 rings (SSSR count). The highest BCUT2D eigenvalue weighted by Crippen LogP contribution is 2.15. The summed E-state index contributed by atoms with van der Waals surface area (Å²) in [7, 11) is 0. The van der Waals surface area contributed by atoms with Gasteiger partial charge in [0.2, 0.25) is 0 Å². The molecule has 0 unspecified atom stereocenters. The summed E-state index contributed by atoms with van der Waals surface area (Å²) in [5.74, 6) is -0.0380. The van der Waals surface area contributed by atoms with E-state index in [1.54, 1.807) is 0 Å². The monoisotopic (exact) mass is 278 g/mol. The van der Waals surface area contributed by atoms with Crippen molar-refractivity contribution in [3.63, 3.8) is 0 Å². The number of ether oxygens (including phenoxy) is 1. The summed E-state index contributed by atoms with van der Waals surface area (Å²) in [6, 6.07) is 7.36. The van der Waals surface area contributed by atoms with Gasteiger partial charge in [0, 0.05) is 0 Å². The van der Waals surface area contributed by atoms with Crippen molar-refractivity contribution in [1.82, 2.24) is 0 Å². The molecule has 1 aromatic rings. The van der Waals surface area contributed by atoms with Gasteiger partial charge >= 0.3 is 5.97 Å². The first-order chi connectivity index (χ1) is 9.72. The lowest BCUT2D eigenvalue weighted by molar-refractivity contribution is -0.136. The van der Waals surface area contributed by atoms with E-state index < -0.39 is 5.97 Å². The van der Waals surface area contributed by atoms with E-state index in [-0.39, 0.29) is 6.42 Å². The maximum Gasteiger partial charge on any atom is 0.307 e. The highest BCUT2D eigenvalue weighted by molar-refractivity contribution is 5.70. The molecule has 0 saturated heterocycles. The van der Waals surface area contributed by atoms with E-state index in [1.165, 1.54) is 38.5 Å². The van der Waals surface area contributed by atoms with Crippen molar-refractivity contribution in [3.05, 3.63) is 29.8 Å². The molecule has 0 aliphatic rings. The zero-order valence-corrected chi connectivity index (χ0v) is 12.4. The molecule has 1 N–H and O–H groups in total. The van der Waals surface area contributed by atoms with E-state index in [0.717, 1.165) is 17.7 Å². The Morgan fingerprint density at radius 1 is 1.10 bits per heavy atom. The van der Waals surface area contributed by atoms with Gasteiger partial charge in [-0.2, -0.15) is 0 Å². The molecule has 3 heteroatoms. The normalized spacial score (nSPS) is 10.4. The smallest absolute Gasteiger partial charge is 0.307 e. The predicted octanol–water partition coefficient (Wildman–Crippen LogP) is 4.44. The van der Waals surface area contributed by atoms with Crippen molar-refractivity contribution < 1.29 is 14.6 Å². The Balaban J connectivity index is 2.14. The first-order valence-corrected chi connectivity index (χ1v) is 7.66. The lowest BCUT2D eigenvalue weighted by atomic mass is 10.1. The minimum absolute atomic E-state index is 0.0502. The number of carboxylic acids is 1. The molecule has 0 heterocycles. The fourth-order valence-electron chi connectivity index (χ4n) is 2.17. The van der Waals surface area contributed by atoms with Crippen molar-refractivity contribution in [2.75, 3.05) is 6.61 Å². The van der Waals surface area contributed by atoms with E-state index in [4.69, 9.17) is 9.84 Å². The standard InChI is InChI=1S/C17H26O3/c1-2-3-4-5-6-7-8-12-20-16-11-9-10-15(13-16)14-17(18)19/h9-11,13H,2-8,12,14H2,1H3,(H,18,19). The summed E-state index contributed by atoms with van der Waals surface area (Å²) in [6.07, 6.45) is 8.89. The molecule has 0 spiro atoms. The van der Waals surface area contributed by atoms with Gasteiger partial charge in [0.1, 0.15) is 5.75 Å². The molecular weight excluding hydrogens is 252 g/mol. The fraction of sp³-hybridized carbons (Fsp3) is 0.588. The van der Waals surface area contributed by atoms with E-state index in [1.807, 2.05) is 24.3 Å². The van der Waals surface area contributed by atoms with Crippen LogP contribution in [-0.2, 0) is 11.2 Å². The summed E-state index contributed by atoms with van der Waals surface area (Å²) in [5, 5.41) is 8.75. The summed E-state index contributed by atoms with van der Waals surface area (Å²) >= 11 is 0. The van der Waals surface area contributed by atoms with Crippen LogP contribution in [0.25, 0.3) is 0 Å². The van der Waals surface area contributed by atoms with Crippen LogP contribution in [0.4, 0.5) is 0 Å². The van der Waals surface area contributed by atoms with Crippen LogP contribution in [0.2, 0.25) is 0 Å². The van der Waals surface area contributed by atoms with Gasteiger partial charge in [0.05, 0.1) is 13.0 Å². The molecule has 0 atom stereocenters. The largest absolute Gasteiger partial charge is 0.494 e. The van der Waals surface area contributed by atoms with E-state index >= 15 is 0 Å². The third kappa shape index (κ3) is 7.82. The molecule has 0 radical (unpaired) electrons. The van der Waals surface area contributed by atoms with Crippen LogP contribution in [0.1, 0.15) is 57.4 Å². The lowest BCUT2D eigenvalue weighted by Gasteiger charge is -2.07. The number of aliphatic carboxylic acids is 1. The highest BCUT2D eigenvalue weighted by atomic mass is 16.5. The second-order valence-corrected chi connectivity index (χ2v) is 5.19. The minimum Gasteiger partial charge on any atom is -0.494 e. The van der Waals surface area contributed by atoms with E-state index in [9.17, 15) is 4.79 Å². The fourth-order valence-corrected chi connectivity index (χ4v) is 2.17. The Bertz CT molecular complexity index is 388. The van der Waals surface area contributed by atoms with Crippen molar-refractivity contribution in [3.8, 4) is 5.75 Å². The van der Waals surface area contributed by atoms with Crippen LogP contribution in [0.3, 0.4) is 0 Å². The topological polar surface area (TPSA) is 46.5 Å². The zero-order valence-electron chi connectivity index (χ0n) is 12.4. The van der Waals surface area contributed by atoms with Gasteiger partial charge in [0.15, 0.2) is 0 Å². The lowest BCUT2D eigenvalue weighted by Crippen LogP contribution is -2.01. The molecule has 0 aliphatic carbocycles. The maximum absolute atomic E-state index is 10.6. The maximum atomic E-state index is 10.6. The number of rotatable bonds is 11. The van der Waals surface area contributed by atoms with Crippen LogP contribution >= 0.6 is 0 Å². The first-order valence-electron chi connectivity index (χ1n) is 7.66. The van der Waals surface area contributed by atoms with Gasteiger partial charge in [0.25, 0.3) is 0 Å². The quantitative estimate of drug-likeness (QED) is 0.608. The number of unbranched alkanes of at least 4 members (excludes halogenated alkanes) is 6. The van der Waals surface area contributed by atoms with Crippen LogP contribution in [-0.4, -0.2) is 17.7 Å². The van der Waals surface area contributed by atoms with Crippen molar-refractivity contribution in [2.45, 2.75) is 58.3 Å². The van der Waals surface area contributed by atoms with Crippen LogP contribution in [0.15, 0.2) is 24.3 Å². The minimum atomic E-state index is -0.811. The molecule has 0 amide bonds. The Kier molecular flexibility index (Phi) is 8.52. The highest BCUT2D eigenvalue weighted by Gasteiger charge is 2.02. The predicted molar refractivity (Wildman–Crippen MR) is 81.3 cm³/mol. The van der Waals surface area contributed by atoms with Gasteiger partial charge in [-0.1, -0.05) is 57.6 Å². The number of hydrogen-bond donors (Lipinski definition) is 1. The SMILES string of the molecule is CCCCCCCCCOc1cccc(CC(=O)O)c1. The number of carbonyl (C=O) groups is 1. The average Bonchev–Trinajstić information content (AvgIpc) is 2.41. The molecule has 0 aromatic heterocycles. The summed E-state index contributed by atoms with van der Waals surface area (Å²) in [6.45, 7) is 2.94. The van der Waals surface area contributed by atoms with Gasteiger partial charge in [-0.25, -0.2) is 0 Å². The number of hydrogen-bond acceptors (Lipinski definition) is 2. The molecule has 0 fully saturated rings. The molecule has 0 bridgehead atoms. The van der Waals surface area contributed by atoms with Gasteiger partial charge in [-0.05, 0) is 24.1 Å². The van der Waals surface area contributed by atoms with Crippen LogP contribution < -0.4 is 4.74 Å². The Hall–Kier alpha value is -1.51. The van der Waals surface area contributed by atoms with Gasteiger partial charge in [-0.3, -0.25) is 4.79 Å². The van der Waals surface area contributed by atoms with Crippen molar-refractivity contribution in [2.24, 2.45) is 0 Å². The zero-order chi connectivity index (χ0) is 14.6. The van der Waals surface area contributed by atoms with E-state index in [2.05, 4.69) is 6.92 Å². The number of carboxylic acid groups (broad SMARTS) is 1. The Morgan fingerprint density at radius 2 is 1.80 bits per heavy atom. The molecule has 112 valence electrons. The third-order valence-electron chi connectivity index (χ3n) is 3.27. The summed E-state index contributed by atoms with van der Waals surface area (Å²) in [5.41, 5.74) is 0.787. The first kappa shape index (κ1) is 16.5. The van der Waals surface area contributed by atoms with Gasteiger partial charge in [-0.15, -0.1) is 0 Å². The summed E-state index contributed by atoms with van der Waals surface area (Å²) in [4.78, 5) is 10.6. The Labute approximate surface area is 122 Å². The molecule has 0 saturated carbocycles. The Morgan fingerprint density at radius 3 is 2.50 bits per heavy atom. The number of benzene rings is 1. The molecule has 0 aliphatic heterocycles. The van der Waals surface area contributed by atoms with Gasteiger partial charge < -0.3 is 9.84 Å². The van der Waals surface area contributed by atoms with Crippen molar-refractivity contribution in [1.29, 1.82) is 0 Å².